The summed E-state index contributed by atoms with van der Waals surface area (Å²) in [4.78, 5) is 2.60. The molecule has 1 heteroatoms. The number of hydrogen-bond acceptors (Lipinski definition) is 1. The Labute approximate surface area is 148 Å². The molecule has 0 rings (SSSR count). The third-order valence-electron chi connectivity index (χ3n) is 5.13. The van der Waals surface area contributed by atoms with Gasteiger partial charge in [0.25, 0.3) is 0 Å². The first-order chi connectivity index (χ1) is 11.2. The Morgan fingerprint density at radius 3 is 1.65 bits per heavy atom. The van der Waals surface area contributed by atoms with Crippen molar-refractivity contribution in [2.24, 2.45) is 5.92 Å². The van der Waals surface area contributed by atoms with Gasteiger partial charge in [0.15, 0.2) is 0 Å². The standard InChI is InChI=1S/C22H47N/c1-5-8-10-11-12-13-14-15-17-20-23(4)21-22(18-7-3)19-16-9-6-2/h22H,5-21H2,1-4H3. The molecule has 0 aromatic carbocycles. The van der Waals surface area contributed by atoms with E-state index in [0.29, 0.717) is 0 Å². The van der Waals surface area contributed by atoms with Gasteiger partial charge in [-0.2, -0.15) is 0 Å². The van der Waals surface area contributed by atoms with Gasteiger partial charge in [-0.1, -0.05) is 97.8 Å². The highest BCUT2D eigenvalue weighted by Gasteiger charge is 2.10. The molecule has 0 aliphatic heterocycles. The van der Waals surface area contributed by atoms with Gasteiger partial charge in [-0.05, 0) is 38.8 Å². The molecule has 23 heavy (non-hydrogen) atoms. The molecule has 0 bridgehead atoms. The second kappa shape index (κ2) is 18.3. The van der Waals surface area contributed by atoms with E-state index in [9.17, 15) is 0 Å². The molecule has 0 aliphatic carbocycles. The molecule has 0 spiro atoms. The summed E-state index contributed by atoms with van der Waals surface area (Å²) >= 11 is 0. The summed E-state index contributed by atoms with van der Waals surface area (Å²) in [7, 11) is 2.34. The summed E-state index contributed by atoms with van der Waals surface area (Å²) in [5.74, 6) is 0.940. The third kappa shape index (κ3) is 16.6. The minimum Gasteiger partial charge on any atom is -0.306 e. The summed E-state index contributed by atoms with van der Waals surface area (Å²) in [5, 5.41) is 0. The van der Waals surface area contributed by atoms with Crippen LogP contribution in [0.5, 0.6) is 0 Å². The van der Waals surface area contributed by atoms with E-state index in [2.05, 4.69) is 32.7 Å². The summed E-state index contributed by atoms with van der Waals surface area (Å²) < 4.78 is 0. The van der Waals surface area contributed by atoms with Crippen molar-refractivity contribution >= 4 is 0 Å². The van der Waals surface area contributed by atoms with Gasteiger partial charge >= 0.3 is 0 Å². The minimum absolute atomic E-state index is 0.940. The molecule has 0 aromatic rings. The maximum atomic E-state index is 2.60. The predicted octanol–water partition coefficient (Wildman–Crippen LogP) is 7.45. The van der Waals surface area contributed by atoms with Crippen molar-refractivity contribution in [1.82, 2.24) is 4.90 Å². The van der Waals surface area contributed by atoms with Crippen LogP contribution in [0, 0.1) is 5.92 Å². The van der Waals surface area contributed by atoms with Gasteiger partial charge in [0.2, 0.25) is 0 Å². The third-order valence-corrected chi connectivity index (χ3v) is 5.13. The first kappa shape index (κ1) is 23.0. The van der Waals surface area contributed by atoms with E-state index in [-0.39, 0.29) is 0 Å². The van der Waals surface area contributed by atoms with E-state index < -0.39 is 0 Å². The van der Waals surface area contributed by atoms with Gasteiger partial charge in [0, 0.05) is 6.54 Å². The van der Waals surface area contributed by atoms with E-state index in [1.54, 1.807) is 0 Å². The summed E-state index contributed by atoms with van der Waals surface area (Å²) in [5.41, 5.74) is 0. The van der Waals surface area contributed by atoms with Crippen molar-refractivity contribution < 1.29 is 0 Å². The molecule has 0 aromatic heterocycles. The van der Waals surface area contributed by atoms with Crippen LogP contribution >= 0.6 is 0 Å². The van der Waals surface area contributed by atoms with Crippen LogP contribution in [0.25, 0.3) is 0 Å². The highest BCUT2D eigenvalue weighted by Crippen LogP contribution is 2.17. The van der Waals surface area contributed by atoms with Crippen molar-refractivity contribution in [3.05, 3.63) is 0 Å². The van der Waals surface area contributed by atoms with E-state index in [0.717, 1.165) is 5.92 Å². The Kier molecular flexibility index (Phi) is 18.3. The molecule has 0 radical (unpaired) electrons. The average molecular weight is 326 g/mol. The molecule has 0 aliphatic rings. The quantitative estimate of drug-likeness (QED) is 0.237. The number of hydrogen-bond donors (Lipinski definition) is 0. The largest absolute Gasteiger partial charge is 0.306 e. The van der Waals surface area contributed by atoms with Crippen LogP contribution in [0.4, 0.5) is 0 Å². The van der Waals surface area contributed by atoms with E-state index in [1.807, 2.05) is 0 Å². The monoisotopic (exact) mass is 325 g/mol. The Morgan fingerprint density at radius 2 is 1.09 bits per heavy atom. The first-order valence-corrected chi connectivity index (χ1v) is 10.9. The van der Waals surface area contributed by atoms with Crippen LogP contribution in [0.15, 0.2) is 0 Å². The second-order valence-corrected chi connectivity index (χ2v) is 7.74. The molecule has 0 saturated heterocycles. The van der Waals surface area contributed by atoms with Crippen LogP contribution in [-0.2, 0) is 0 Å². The van der Waals surface area contributed by atoms with Crippen molar-refractivity contribution in [2.75, 3.05) is 20.1 Å². The van der Waals surface area contributed by atoms with Crippen molar-refractivity contribution in [1.29, 1.82) is 0 Å². The fourth-order valence-corrected chi connectivity index (χ4v) is 3.64. The lowest BCUT2D eigenvalue weighted by Crippen LogP contribution is -2.26. The SMILES string of the molecule is CCCCCCCCCCCN(C)CC(CCC)CCCCC. The minimum atomic E-state index is 0.940. The zero-order chi connectivity index (χ0) is 17.2. The van der Waals surface area contributed by atoms with Gasteiger partial charge in [0.05, 0.1) is 0 Å². The molecule has 0 heterocycles. The summed E-state index contributed by atoms with van der Waals surface area (Å²) in [6, 6.07) is 0. The van der Waals surface area contributed by atoms with Gasteiger partial charge in [-0.15, -0.1) is 0 Å². The topological polar surface area (TPSA) is 3.24 Å². The smallest absolute Gasteiger partial charge is 0.000660 e. The Morgan fingerprint density at radius 1 is 0.565 bits per heavy atom. The maximum absolute atomic E-state index is 2.60. The van der Waals surface area contributed by atoms with Crippen LogP contribution in [0.3, 0.4) is 0 Å². The summed E-state index contributed by atoms with van der Waals surface area (Å²) in [6.45, 7) is 9.59. The van der Waals surface area contributed by atoms with Gasteiger partial charge in [-0.3, -0.25) is 0 Å². The Hall–Kier alpha value is -0.0400. The lowest BCUT2D eigenvalue weighted by atomic mass is 9.96. The first-order valence-electron chi connectivity index (χ1n) is 10.9. The van der Waals surface area contributed by atoms with Gasteiger partial charge in [-0.25, -0.2) is 0 Å². The fraction of sp³-hybridized carbons (Fsp3) is 1.00. The molecule has 1 atom stereocenters. The molecular weight excluding hydrogens is 278 g/mol. The molecular formula is C22H47N. The number of nitrogens with zero attached hydrogens (tertiary/aromatic N) is 1. The van der Waals surface area contributed by atoms with E-state index in [1.165, 1.54) is 109 Å². The molecule has 1 unspecified atom stereocenters. The van der Waals surface area contributed by atoms with E-state index in [4.69, 9.17) is 0 Å². The van der Waals surface area contributed by atoms with E-state index >= 15 is 0 Å². The summed E-state index contributed by atoms with van der Waals surface area (Å²) in [6.07, 6.45) is 21.4. The van der Waals surface area contributed by atoms with Crippen LogP contribution in [-0.4, -0.2) is 25.0 Å². The molecule has 0 saturated carbocycles. The molecule has 0 N–H and O–H groups in total. The number of rotatable bonds is 18. The highest BCUT2D eigenvalue weighted by molar-refractivity contribution is 4.64. The molecule has 0 amide bonds. The fourth-order valence-electron chi connectivity index (χ4n) is 3.64. The lowest BCUT2D eigenvalue weighted by molar-refractivity contribution is 0.248. The van der Waals surface area contributed by atoms with Crippen LogP contribution in [0.1, 0.15) is 117 Å². The normalized spacial score (nSPS) is 12.9. The number of unbranched alkanes of at least 4 members (excludes halogenated alkanes) is 10. The van der Waals surface area contributed by atoms with Gasteiger partial charge in [0.1, 0.15) is 0 Å². The molecule has 0 fully saturated rings. The highest BCUT2D eigenvalue weighted by atomic mass is 15.1. The van der Waals surface area contributed by atoms with Crippen molar-refractivity contribution in [3.63, 3.8) is 0 Å². The average Bonchev–Trinajstić information content (AvgIpc) is 2.53. The Balaban J connectivity index is 3.53. The van der Waals surface area contributed by atoms with Crippen molar-refractivity contribution in [3.8, 4) is 0 Å². The van der Waals surface area contributed by atoms with Crippen LogP contribution in [0.2, 0.25) is 0 Å². The van der Waals surface area contributed by atoms with Crippen molar-refractivity contribution in [2.45, 2.75) is 117 Å². The predicted molar refractivity (Wildman–Crippen MR) is 107 cm³/mol. The van der Waals surface area contributed by atoms with Gasteiger partial charge < -0.3 is 4.90 Å². The Bertz CT molecular complexity index is 214. The van der Waals surface area contributed by atoms with Crippen LogP contribution < -0.4 is 0 Å². The zero-order valence-electron chi connectivity index (χ0n) is 17.0. The lowest BCUT2D eigenvalue weighted by Gasteiger charge is -2.24. The molecule has 140 valence electrons. The molecule has 1 nitrogen and oxygen atoms in total. The second-order valence-electron chi connectivity index (χ2n) is 7.74. The zero-order valence-corrected chi connectivity index (χ0v) is 17.0. The maximum Gasteiger partial charge on any atom is 0.000660 e.